The van der Waals surface area contributed by atoms with Gasteiger partial charge >= 0.3 is 0 Å². The Morgan fingerprint density at radius 3 is 2.62 bits per heavy atom. The largest absolute Gasteiger partial charge is 0.497 e. The standard InChI is InChI=1S/C20H22N2O4/c1-25-16-8-9-17(18(11-16)26-2)21-20(24)15-10-19(23)22(13-15)12-14-6-4-3-5-7-14/h3-9,11,15H,10,12-13H2,1-2H3,(H,21,24)/t15-/m0/s1. The lowest BCUT2D eigenvalue weighted by molar-refractivity contribution is -0.128. The van der Waals surface area contributed by atoms with Crippen LogP contribution in [0.25, 0.3) is 0 Å². The van der Waals surface area contributed by atoms with E-state index >= 15 is 0 Å². The summed E-state index contributed by atoms with van der Waals surface area (Å²) < 4.78 is 10.5. The van der Waals surface area contributed by atoms with Gasteiger partial charge in [-0.1, -0.05) is 30.3 Å². The third-order valence-electron chi connectivity index (χ3n) is 4.47. The van der Waals surface area contributed by atoms with Gasteiger partial charge in [0.15, 0.2) is 0 Å². The molecule has 2 aromatic rings. The molecule has 1 fully saturated rings. The lowest BCUT2D eigenvalue weighted by Gasteiger charge is -2.17. The van der Waals surface area contributed by atoms with Crippen LogP contribution in [-0.4, -0.2) is 37.5 Å². The van der Waals surface area contributed by atoms with Crippen molar-refractivity contribution in [1.82, 2.24) is 4.90 Å². The molecule has 0 bridgehead atoms. The highest BCUT2D eigenvalue weighted by molar-refractivity contribution is 5.98. The first kappa shape index (κ1) is 17.8. The van der Waals surface area contributed by atoms with Gasteiger partial charge in [-0.05, 0) is 17.7 Å². The molecule has 1 N–H and O–H groups in total. The molecule has 0 unspecified atom stereocenters. The van der Waals surface area contributed by atoms with Gasteiger partial charge in [-0.3, -0.25) is 9.59 Å². The van der Waals surface area contributed by atoms with Crippen molar-refractivity contribution >= 4 is 17.5 Å². The van der Waals surface area contributed by atoms with E-state index in [1.807, 2.05) is 30.3 Å². The van der Waals surface area contributed by atoms with Crippen molar-refractivity contribution in [2.75, 3.05) is 26.1 Å². The molecule has 1 heterocycles. The van der Waals surface area contributed by atoms with Gasteiger partial charge in [-0.25, -0.2) is 0 Å². The maximum Gasteiger partial charge on any atom is 0.229 e. The van der Waals surface area contributed by atoms with Crippen molar-refractivity contribution in [3.8, 4) is 11.5 Å². The summed E-state index contributed by atoms with van der Waals surface area (Å²) >= 11 is 0. The second-order valence-electron chi connectivity index (χ2n) is 6.22. The first-order valence-corrected chi connectivity index (χ1v) is 8.45. The molecule has 1 saturated heterocycles. The van der Waals surface area contributed by atoms with E-state index in [0.29, 0.717) is 30.3 Å². The summed E-state index contributed by atoms with van der Waals surface area (Å²) in [5.41, 5.74) is 1.62. The smallest absolute Gasteiger partial charge is 0.229 e. The summed E-state index contributed by atoms with van der Waals surface area (Å²) in [6.07, 6.45) is 0.219. The molecule has 6 nitrogen and oxygen atoms in total. The molecule has 6 heteroatoms. The van der Waals surface area contributed by atoms with Crippen LogP contribution in [0, 0.1) is 5.92 Å². The number of benzene rings is 2. The molecule has 0 spiro atoms. The Balaban J connectivity index is 1.65. The minimum Gasteiger partial charge on any atom is -0.497 e. The van der Waals surface area contributed by atoms with E-state index in [1.165, 1.54) is 7.11 Å². The molecule has 0 aliphatic carbocycles. The van der Waals surface area contributed by atoms with Gasteiger partial charge < -0.3 is 19.7 Å². The Morgan fingerprint density at radius 1 is 1.15 bits per heavy atom. The van der Waals surface area contributed by atoms with Crippen LogP contribution in [0.2, 0.25) is 0 Å². The molecular weight excluding hydrogens is 332 g/mol. The van der Waals surface area contributed by atoms with Crippen molar-refractivity contribution in [3.63, 3.8) is 0 Å². The third kappa shape index (κ3) is 3.96. The number of ether oxygens (including phenoxy) is 2. The van der Waals surface area contributed by atoms with Crippen LogP contribution in [0.4, 0.5) is 5.69 Å². The van der Waals surface area contributed by atoms with Gasteiger partial charge in [0, 0.05) is 25.6 Å². The molecule has 0 aromatic heterocycles. The van der Waals surface area contributed by atoms with Crippen molar-refractivity contribution < 1.29 is 19.1 Å². The summed E-state index contributed by atoms with van der Waals surface area (Å²) in [7, 11) is 3.10. The van der Waals surface area contributed by atoms with E-state index in [-0.39, 0.29) is 24.2 Å². The fraction of sp³-hybridized carbons (Fsp3) is 0.300. The molecule has 2 amide bonds. The second kappa shape index (κ2) is 7.91. The van der Waals surface area contributed by atoms with Crippen LogP contribution < -0.4 is 14.8 Å². The average molecular weight is 354 g/mol. The highest BCUT2D eigenvalue weighted by Crippen LogP contribution is 2.30. The molecule has 26 heavy (non-hydrogen) atoms. The summed E-state index contributed by atoms with van der Waals surface area (Å²) in [5, 5.41) is 2.86. The minimum atomic E-state index is -0.377. The number of carbonyl (C=O) groups excluding carboxylic acids is 2. The molecular formula is C20H22N2O4. The quantitative estimate of drug-likeness (QED) is 0.866. The zero-order chi connectivity index (χ0) is 18.5. The third-order valence-corrected chi connectivity index (χ3v) is 4.47. The van der Waals surface area contributed by atoms with E-state index in [2.05, 4.69) is 5.32 Å². The van der Waals surface area contributed by atoms with Crippen LogP contribution in [0.5, 0.6) is 11.5 Å². The fourth-order valence-electron chi connectivity index (χ4n) is 3.04. The number of carbonyl (C=O) groups is 2. The maximum absolute atomic E-state index is 12.6. The van der Waals surface area contributed by atoms with Crippen LogP contribution in [-0.2, 0) is 16.1 Å². The lowest BCUT2D eigenvalue weighted by Crippen LogP contribution is -2.28. The Morgan fingerprint density at radius 2 is 1.92 bits per heavy atom. The molecule has 1 aliphatic rings. The first-order chi connectivity index (χ1) is 12.6. The van der Waals surface area contributed by atoms with Gasteiger partial charge in [-0.2, -0.15) is 0 Å². The van der Waals surface area contributed by atoms with Gasteiger partial charge in [0.1, 0.15) is 11.5 Å². The number of methoxy groups -OCH3 is 2. The summed E-state index contributed by atoms with van der Waals surface area (Å²) in [4.78, 5) is 26.6. The SMILES string of the molecule is COc1ccc(NC(=O)[C@H]2CC(=O)N(Cc3ccccc3)C2)c(OC)c1. The number of likely N-dealkylation sites (tertiary alicyclic amines) is 1. The minimum absolute atomic E-state index is 0.00398. The highest BCUT2D eigenvalue weighted by Gasteiger charge is 2.34. The molecule has 136 valence electrons. The monoisotopic (exact) mass is 354 g/mol. The normalized spacial score (nSPS) is 16.5. The molecule has 2 aromatic carbocycles. The number of nitrogens with zero attached hydrogens (tertiary/aromatic N) is 1. The summed E-state index contributed by atoms with van der Waals surface area (Å²) in [6.45, 7) is 0.938. The zero-order valence-corrected chi connectivity index (χ0v) is 14.9. The van der Waals surface area contributed by atoms with Gasteiger partial charge in [-0.15, -0.1) is 0 Å². The predicted octanol–water partition coefficient (Wildman–Crippen LogP) is 2.69. The van der Waals surface area contributed by atoms with Crippen molar-refractivity contribution in [2.24, 2.45) is 5.92 Å². The summed E-state index contributed by atoms with van der Waals surface area (Å²) in [6, 6.07) is 15.0. The lowest BCUT2D eigenvalue weighted by atomic mass is 10.1. The maximum atomic E-state index is 12.6. The first-order valence-electron chi connectivity index (χ1n) is 8.45. The average Bonchev–Trinajstić information content (AvgIpc) is 3.03. The summed E-state index contributed by atoms with van der Waals surface area (Å²) in [5.74, 6) is 0.596. The number of nitrogens with one attached hydrogen (secondary N) is 1. The van der Waals surface area contributed by atoms with E-state index in [1.54, 1.807) is 30.2 Å². The number of amides is 2. The van der Waals surface area contributed by atoms with Gasteiger partial charge in [0.25, 0.3) is 0 Å². The number of rotatable bonds is 6. The zero-order valence-electron chi connectivity index (χ0n) is 14.9. The Bertz CT molecular complexity index is 792. The van der Waals surface area contributed by atoms with Gasteiger partial charge in [0.2, 0.25) is 11.8 Å². The van der Waals surface area contributed by atoms with Crippen molar-refractivity contribution in [2.45, 2.75) is 13.0 Å². The van der Waals surface area contributed by atoms with Crippen molar-refractivity contribution in [1.29, 1.82) is 0 Å². The number of hydrogen-bond acceptors (Lipinski definition) is 4. The topological polar surface area (TPSA) is 67.9 Å². The fourth-order valence-corrected chi connectivity index (χ4v) is 3.04. The van der Waals surface area contributed by atoms with Crippen LogP contribution in [0.15, 0.2) is 48.5 Å². The number of anilines is 1. The Labute approximate surface area is 152 Å². The van der Waals surface area contributed by atoms with Crippen molar-refractivity contribution in [3.05, 3.63) is 54.1 Å². The highest BCUT2D eigenvalue weighted by atomic mass is 16.5. The molecule has 1 atom stereocenters. The van der Waals surface area contributed by atoms with Crippen LogP contribution >= 0.6 is 0 Å². The van der Waals surface area contributed by atoms with E-state index in [4.69, 9.17) is 9.47 Å². The molecule has 0 radical (unpaired) electrons. The predicted molar refractivity (Wildman–Crippen MR) is 98.1 cm³/mol. The van der Waals surface area contributed by atoms with E-state index in [9.17, 15) is 9.59 Å². The molecule has 1 aliphatic heterocycles. The Hall–Kier alpha value is -3.02. The van der Waals surface area contributed by atoms with Crippen LogP contribution in [0.1, 0.15) is 12.0 Å². The number of hydrogen-bond donors (Lipinski definition) is 1. The van der Waals surface area contributed by atoms with E-state index in [0.717, 1.165) is 5.56 Å². The van der Waals surface area contributed by atoms with Crippen LogP contribution in [0.3, 0.4) is 0 Å². The Kier molecular flexibility index (Phi) is 5.41. The second-order valence-corrected chi connectivity index (χ2v) is 6.22. The van der Waals surface area contributed by atoms with E-state index < -0.39 is 0 Å². The van der Waals surface area contributed by atoms with Gasteiger partial charge in [0.05, 0.1) is 25.8 Å². The molecule has 3 rings (SSSR count). The molecule has 0 saturated carbocycles.